The third kappa shape index (κ3) is 3.01. The van der Waals surface area contributed by atoms with Crippen LogP contribution in [-0.4, -0.2) is 26.1 Å². The molecule has 4 rings (SSSR count). The van der Waals surface area contributed by atoms with E-state index in [2.05, 4.69) is 25.5 Å². The number of hydrogen-bond donors (Lipinski definition) is 3. The molecule has 25 heavy (non-hydrogen) atoms. The van der Waals surface area contributed by atoms with E-state index in [0.29, 0.717) is 17.8 Å². The number of aromatic amines is 2. The zero-order valence-corrected chi connectivity index (χ0v) is 13.7. The van der Waals surface area contributed by atoms with E-state index in [9.17, 15) is 4.79 Å². The van der Waals surface area contributed by atoms with Crippen LogP contribution in [0.1, 0.15) is 21.7 Å². The lowest BCUT2D eigenvalue weighted by atomic mass is 10.1. The molecule has 0 fully saturated rings. The molecule has 0 saturated heterocycles. The smallest absolute Gasteiger partial charge is 0.255 e. The summed E-state index contributed by atoms with van der Waals surface area (Å²) in [7, 11) is 0. The van der Waals surface area contributed by atoms with Crippen LogP contribution >= 0.6 is 0 Å². The molecule has 0 radical (unpaired) electrons. The van der Waals surface area contributed by atoms with Crippen molar-refractivity contribution in [3.8, 4) is 11.3 Å². The molecule has 6 nitrogen and oxygen atoms in total. The topological polar surface area (TPSA) is 86.5 Å². The van der Waals surface area contributed by atoms with Crippen molar-refractivity contribution in [3.05, 3.63) is 71.7 Å². The van der Waals surface area contributed by atoms with Gasteiger partial charge >= 0.3 is 0 Å². The Hall–Kier alpha value is -3.41. The number of imidazole rings is 1. The van der Waals surface area contributed by atoms with Gasteiger partial charge in [-0.3, -0.25) is 9.89 Å². The quantitative estimate of drug-likeness (QED) is 0.537. The third-order valence-corrected chi connectivity index (χ3v) is 4.08. The predicted octanol–water partition coefficient (Wildman–Crippen LogP) is 3.19. The molecule has 124 valence electrons. The molecule has 0 aliphatic heterocycles. The Kier molecular flexibility index (Phi) is 3.78. The first kappa shape index (κ1) is 15.1. The molecular formula is C19H17N5O. The molecule has 0 aliphatic rings. The molecule has 0 saturated carbocycles. The lowest BCUT2D eigenvalue weighted by molar-refractivity contribution is 0.0950. The number of nitrogens with zero attached hydrogens (tertiary/aromatic N) is 2. The molecule has 6 heteroatoms. The normalized spacial score (nSPS) is 10.9. The minimum absolute atomic E-state index is 0.190. The van der Waals surface area contributed by atoms with Gasteiger partial charge in [0.25, 0.3) is 5.91 Å². The van der Waals surface area contributed by atoms with E-state index >= 15 is 0 Å². The number of H-pyrrole nitrogens is 2. The van der Waals surface area contributed by atoms with Crippen LogP contribution in [0.15, 0.2) is 54.7 Å². The molecule has 0 atom stereocenters. The van der Waals surface area contributed by atoms with Crippen LogP contribution in [0.2, 0.25) is 0 Å². The number of aromatic nitrogens is 4. The fourth-order valence-corrected chi connectivity index (χ4v) is 2.75. The summed E-state index contributed by atoms with van der Waals surface area (Å²) in [5.41, 5.74) is 5.16. The van der Waals surface area contributed by atoms with Gasteiger partial charge in [-0.1, -0.05) is 42.0 Å². The highest BCUT2D eigenvalue weighted by Gasteiger charge is 2.15. The maximum absolute atomic E-state index is 12.5. The summed E-state index contributed by atoms with van der Waals surface area (Å²) < 4.78 is 0. The molecule has 0 unspecified atom stereocenters. The van der Waals surface area contributed by atoms with Gasteiger partial charge in [0.2, 0.25) is 0 Å². The fraction of sp³-hybridized carbons (Fsp3) is 0.105. The van der Waals surface area contributed by atoms with Crippen molar-refractivity contribution in [2.45, 2.75) is 13.5 Å². The molecular weight excluding hydrogens is 314 g/mol. The maximum atomic E-state index is 12.5. The standard InChI is InChI=1S/C19H17N5O/c1-12-6-8-13(9-7-12)18-14(10-21-24-18)19(25)20-11-17-22-15-4-2-3-5-16(15)23-17/h2-10H,11H2,1H3,(H,20,25)(H,21,24)(H,22,23). The van der Waals surface area contributed by atoms with Crippen molar-refractivity contribution in [3.63, 3.8) is 0 Å². The average Bonchev–Trinajstić information content (AvgIpc) is 3.27. The van der Waals surface area contributed by atoms with Crippen LogP contribution < -0.4 is 5.32 Å². The van der Waals surface area contributed by atoms with Crippen molar-refractivity contribution in [2.24, 2.45) is 0 Å². The molecule has 4 aromatic rings. The molecule has 3 N–H and O–H groups in total. The minimum atomic E-state index is -0.190. The number of carbonyl (C=O) groups excluding carboxylic acids is 1. The zero-order valence-electron chi connectivity index (χ0n) is 13.7. The van der Waals surface area contributed by atoms with Gasteiger partial charge in [-0.15, -0.1) is 0 Å². The Bertz CT molecular complexity index is 996. The summed E-state index contributed by atoms with van der Waals surface area (Å²) >= 11 is 0. The largest absolute Gasteiger partial charge is 0.345 e. The Labute approximate surface area is 144 Å². The first-order valence-electron chi connectivity index (χ1n) is 8.03. The summed E-state index contributed by atoms with van der Waals surface area (Å²) in [4.78, 5) is 20.2. The number of carbonyl (C=O) groups is 1. The Balaban J connectivity index is 1.52. The Morgan fingerprint density at radius 3 is 2.72 bits per heavy atom. The van der Waals surface area contributed by atoms with E-state index in [1.165, 1.54) is 5.56 Å². The van der Waals surface area contributed by atoms with Crippen LogP contribution in [0.25, 0.3) is 22.3 Å². The van der Waals surface area contributed by atoms with Crippen LogP contribution in [0.3, 0.4) is 0 Å². The van der Waals surface area contributed by atoms with Crippen LogP contribution in [0.5, 0.6) is 0 Å². The van der Waals surface area contributed by atoms with Crippen LogP contribution in [0, 0.1) is 6.92 Å². The van der Waals surface area contributed by atoms with Gasteiger partial charge < -0.3 is 10.3 Å². The number of rotatable bonds is 4. The monoisotopic (exact) mass is 331 g/mol. The first-order chi connectivity index (χ1) is 12.2. The molecule has 0 bridgehead atoms. The van der Waals surface area contributed by atoms with Gasteiger partial charge in [0.1, 0.15) is 5.82 Å². The average molecular weight is 331 g/mol. The van der Waals surface area contributed by atoms with E-state index in [1.807, 2.05) is 55.5 Å². The van der Waals surface area contributed by atoms with Gasteiger partial charge in [0.05, 0.1) is 35.0 Å². The highest BCUT2D eigenvalue weighted by Crippen LogP contribution is 2.21. The van der Waals surface area contributed by atoms with E-state index in [1.54, 1.807) is 6.20 Å². The van der Waals surface area contributed by atoms with Crippen molar-refractivity contribution < 1.29 is 4.79 Å². The number of amides is 1. The summed E-state index contributed by atoms with van der Waals surface area (Å²) in [5, 5.41) is 9.82. The second-order valence-corrected chi connectivity index (χ2v) is 5.91. The van der Waals surface area contributed by atoms with Gasteiger partial charge in [-0.25, -0.2) is 4.98 Å². The number of fused-ring (bicyclic) bond motifs is 1. The second kappa shape index (κ2) is 6.24. The van der Waals surface area contributed by atoms with Gasteiger partial charge in [0, 0.05) is 5.56 Å². The second-order valence-electron chi connectivity index (χ2n) is 5.91. The summed E-state index contributed by atoms with van der Waals surface area (Å²) in [5.74, 6) is 0.528. The molecule has 1 amide bonds. The fourth-order valence-electron chi connectivity index (χ4n) is 2.75. The lowest BCUT2D eigenvalue weighted by Gasteiger charge is -2.05. The summed E-state index contributed by atoms with van der Waals surface area (Å²) in [6.07, 6.45) is 1.54. The van der Waals surface area contributed by atoms with Crippen LogP contribution in [0.4, 0.5) is 0 Å². The Morgan fingerprint density at radius 2 is 1.92 bits per heavy atom. The van der Waals surface area contributed by atoms with E-state index in [4.69, 9.17) is 0 Å². The van der Waals surface area contributed by atoms with E-state index < -0.39 is 0 Å². The van der Waals surface area contributed by atoms with E-state index in [-0.39, 0.29) is 5.91 Å². The first-order valence-corrected chi connectivity index (χ1v) is 8.03. The number of hydrogen-bond acceptors (Lipinski definition) is 3. The van der Waals surface area contributed by atoms with Crippen molar-refractivity contribution in [2.75, 3.05) is 0 Å². The van der Waals surface area contributed by atoms with Crippen molar-refractivity contribution in [1.29, 1.82) is 0 Å². The number of nitrogens with one attached hydrogen (secondary N) is 3. The third-order valence-electron chi connectivity index (χ3n) is 4.08. The Morgan fingerprint density at radius 1 is 1.12 bits per heavy atom. The van der Waals surface area contributed by atoms with Gasteiger partial charge in [-0.2, -0.15) is 5.10 Å². The minimum Gasteiger partial charge on any atom is -0.345 e. The molecule has 0 spiro atoms. The molecule has 2 aromatic heterocycles. The summed E-state index contributed by atoms with van der Waals surface area (Å²) in [6, 6.07) is 15.7. The van der Waals surface area contributed by atoms with Crippen LogP contribution in [-0.2, 0) is 6.54 Å². The van der Waals surface area contributed by atoms with Gasteiger partial charge in [-0.05, 0) is 19.1 Å². The SMILES string of the molecule is Cc1ccc(-c2[nH]ncc2C(=O)NCc2nc3ccccc3[nH]2)cc1. The molecule has 2 aromatic carbocycles. The molecule has 2 heterocycles. The number of benzene rings is 2. The predicted molar refractivity (Wildman–Crippen MR) is 96.0 cm³/mol. The summed E-state index contributed by atoms with van der Waals surface area (Å²) in [6.45, 7) is 2.35. The highest BCUT2D eigenvalue weighted by atomic mass is 16.1. The molecule has 0 aliphatic carbocycles. The number of aryl methyl sites for hydroxylation is 1. The van der Waals surface area contributed by atoms with E-state index in [0.717, 1.165) is 22.4 Å². The van der Waals surface area contributed by atoms with Gasteiger partial charge in [0.15, 0.2) is 0 Å². The van der Waals surface area contributed by atoms with Crippen molar-refractivity contribution in [1.82, 2.24) is 25.5 Å². The lowest BCUT2D eigenvalue weighted by Crippen LogP contribution is -2.23. The maximum Gasteiger partial charge on any atom is 0.255 e. The zero-order chi connectivity index (χ0) is 17.2. The number of para-hydroxylation sites is 2. The van der Waals surface area contributed by atoms with Crippen molar-refractivity contribution >= 4 is 16.9 Å². The highest BCUT2D eigenvalue weighted by molar-refractivity contribution is 5.99.